The Morgan fingerprint density at radius 2 is 2.00 bits per heavy atom. The molecule has 0 saturated carbocycles. The van der Waals surface area contributed by atoms with Crippen molar-refractivity contribution in [2.75, 3.05) is 51.3 Å². The molecule has 2 aliphatic rings. The molecule has 2 saturated heterocycles. The van der Waals surface area contributed by atoms with Gasteiger partial charge in [-0.3, -0.25) is 10.00 Å². The van der Waals surface area contributed by atoms with Crippen molar-refractivity contribution in [2.24, 2.45) is 11.3 Å². The summed E-state index contributed by atoms with van der Waals surface area (Å²) < 4.78 is 0. The smallest absolute Gasteiger partial charge is 0.0622 e. The Balaban J connectivity index is 1.51. The first-order valence-electron chi connectivity index (χ1n) is 10.3. The summed E-state index contributed by atoms with van der Waals surface area (Å²) >= 11 is 1.95. The van der Waals surface area contributed by atoms with Gasteiger partial charge in [0.2, 0.25) is 0 Å². The lowest BCUT2D eigenvalue weighted by Crippen LogP contribution is -2.53. The van der Waals surface area contributed by atoms with Crippen molar-refractivity contribution >= 4 is 11.8 Å². The van der Waals surface area contributed by atoms with Crippen LogP contribution < -0.4 is 0 Å². The predicted molar refractivity (Wildman–Crippen MR) is 110 cm³/mol. The number of nitrogens with one attached hydrogen (secondary N) is 1. The van der Waals surface area contributed by atoms with Gasteiger partial charge in [-0.2, -0.15) is 16.9 Å². The Labute approximate surface area is 162 Å². The maximum absolute atomic E-state index is 10.1. The zero-order valence-electron chi connectivity index (χ0n) is 16.5. The second kappa shape index (κ2) is 9.58. The van der Waals surface area contributed by atoms with E-state index < -0.39 is 0 Å². The molecule has 0 bridgehead atoms. The van der Waals surface area contributed by atoms with Crippen LogP contribution in [0.1, 0.15) is 44.0 Å². The number of hydrogen-bond donors (Lipinski definition) is 2. The predicted octanol–water partition coefficient (Wildman–Crippen LogP) is 2.62. The number of rotatable bonds is 8. The van der Waals surface area contributed by atoms with Gasteiger partial charge in [-0.05, 0) is 81.8 Å². The third kappa shape index (κ3) is 4.83. The van der Waals surface area contributed by atoms with Crippen LogP contribution in [0.15, 0.2) is 6.07 Å². The number of piperidine rings is 2. The first-order chi connectivity index (χ1) is 12.7. The van der Waals surface area contributed by atoms with Gasteiger partial charge < -0.3 is 10.0 Å². The van der Waals surface area contributed by atoms with Gasteiger partial charge in [0.05, 0.1) is 5.69 Å². The van der Waals surface area contributed by atoms with E-state index in [4.69, 9.17) is 0 Å². The molecule has 2 N–H and O–H groups in total. The number of H-pyrrole nitrogens is 1. The largest absolute Gasteiger partial charge is 0.396 e. The SMILES string of the molecule is CCc1cc(CN2CCC3(CCN(CCCSC)CC3)[C@@H](CO)C2)[nH]n1. The maximum Gasteiger partial charge on any atom is 0.0622 e. The first-order valence-corrected chi connectivity index (χ1v) is 11.7. The number of aromatic nitrogens is 2. The fraction of sp³-hybridized carbons (Fsp3) is 0.850. The number of nitrogens with zero attached hydrogens (tertiary/aromatic N) is 3. The molecule has 3 rings (SSSR count). The minimum atomic E-state index is 0.326. The highest BCUT2D eigenvalue weighted by Crippen LogP contribution is 2.45. The van der Waals surface area contributed by atoms with Gasteiger partial charge >= 0.3 is 0 Å². The first kappa shape index (κ1) is 20.2. The number of hydrogen-bond acceptors (Lipinski definition) is 5. The van der Waals surface area contributed by atoms with E-state index in [0.29, 0.717) is 17.9 Å². The summed E-state index contributed by atoms with van der Waals surface area (Å²) in [5, 5.41) is 17.6. The normalized spacial score (nSPS) is 24.3. The maximum atomic E-state index is 10.1. The van der Waals surface area contributed by atoms with Crippen molar-refractivity contribution in [3.63, 3.8) is 0 Å². The van der Waals surface area contributed by atoms with Crippen LogP contribution in [-0.2, 0) is 13.0 Å². The average Bonchev–Trinajstić information content (AvgIpc) is 3.13. The number of likely N-dealkylation sites (tertiary alicyclic amines) is 2. The molecule has 1 aromatic rings. The number of aliphatic hydroxyl groups is 1. The van der Waals surface area contributed by atoms with Crippen LogP contribution in [0.5, 0.6) is 0 Å². The Kier molecular flexibility index (Phi) is 7.44. The summed E-state index contributed by atoms with van der Waals surface area (Å²) in [4.78, 5) is 5.14. The monoisotopic (exact) mass is 380 g/mol. The molecule has 5 nitrogen and oxygen atoms in total. The molecule has 1 aromatic heterocycles. The molecular weight excluding hydrogens is 344 g/mol. The number of thioether (sulfide) groups is 1. The Hall–Kier alpha value is -0.560. The molecule has 0 amide bonds. The molecular formula is C20H36N4OS. The van der Waals surface area contributed by atoms with Gasteiger partial charge in [0.15, 0.2) is 0 Å². The number of aryl methyl sites for hydroxylation is 1. The van der Waals surface area contributed by atoms with Crippen molar-refractivity contribution in [1.29, 1.82) is 0 Å². The fourth-order valence-corrected chi connectivity index (χ4v) is 5.22. The highest BCUT2D eigenvalue weighted by Gasteiger charge is 2.44. The lowest BCUT2D eigenvalue weighted by atomic mass is 9.64. The van der Waals surface area contributed by atoms with Gasteiger partial charge in [-0.1, -0.05) is 6.92 Å². The van der Waals surface area contributed by atoms with Gasteiger partial charge in [-0.25, -0.2) is 0 Å². The van der Waals surface area contributed by atoms with E-state index in [1.807, 2.05) is 11.8 Å². The van der Waals surface area contributed by atoms with E-state index in [1.165, 1.54) is 56.8 Å². The molecule has 26 heavy (non-hydrogen) atoms. The highest BCUT2D eigenvalue weighted by molar-refractivity contribution is 7.98. The Morgan fingerprint density at radius 1 is 1.27 bits per heavy atom. The zero-order valence-corrected chi connectivity index (χ0v) is 17.4. The van der Waals surface area contributed by atoms with E-state index >= 15 is 0 Å². The van der Waals surface area contributed by atoms with Crippen molar-refractivity contribution in [3.8, 4) is 0 Å². The molecule has 1 atom stereocenters. The van der Waals surface area contributed by atoms with Crippen LogP contribution in [0.25, 0.3) is 0 Å². The summed E-state index contributed by atoms with van der Waals surface area (Å²) in [7, 11) is 0. The molecule has 148 valence electrons. The number of aliphatic hydroxyl groups excluding tert-OH is 1. The van der Waals surface area contributed by atoms with Gasteiger partial charge in [-0.15, -0.1) is 0 Å². The van der Waals surface area contributed by atoms with Crippen LogP contribution in [0.3, 0.4) is 0 Å². The minimum absolute atomic E-state index is 0.326. The summed E-state index contributed by atoms with van der Waals surface area (Å²) in [6, 6.07) is 2.19. The van der Waals surface area contributed by atoms with Gasteiger partial charge in [0.1, 0.15) is 0 Å². The van der Waals surface area contributed by atoms with Crippen LogP contribution in [-0.4, -0.2) is 76.4 Å². The standard InChI is InChI=1S/C20H36N4OS/c1-3-18-13-19(22-21-18)15-24-11-7-20(17(14-24)16-25)5-9-23(10-6-20)8-4-12-26-2/h13,17,25H,3-12,14-16H2,1-2H3,(H,21,22)/t17-/m1/s1. The van der Waals surface area contributed by atoms with Gasteiger partial charge in [0, 0.05) is 31.3 Å². The number of aromatic amines is 1. The zero-order chi connectivity index (χ0) is 18.4. The van der Waals surface area contributed by atoms with E-state index in [9.17, 15) is 5.11 Å². The molecule has 0 aliphatic carbocycles. The van der Waals surface area contributed by atoms with E-state index in [1.54, 1.807) is 0 Å². The van der Waals surface area contributed by atoms with Crippen molar-refractivity contribution in [1.82, 2.24) is 20.0 Å². The summed E-state index contributed by atoms with van der Waals surface area (Å²) in [6.07, 6.45) is 8.22. The van der Waals surface area contributed by atoms with Crippen molar-refractivity contribution in [2.45, 2.75) is 45.6 Å². The van der Waals surface area contributed by atoms with Crippen LogP contribution in [0.4, 0.5) is 0 Å². The molecule has 2 aliphatic heterocycles. The lowest BCUT2D eigenvalue weighted by Gasteiger charge is -2.51. The van der Waals surface area contributed by atoms with Crippen molar-refractivity contribution < 1.29 is 5.11 Å². The molecule has 1 spiro atoms. The fourth-order valence-electron chi connectivity index (χ4n) is 4.80. The van der Waals surface area contributed by atoms with Crippen LogP contribution in [0.2, 0.25) is 0 Å². The Bertz CT molecular complexity index is 542. The van der Waals surface area contributed by atoms with E-state index in [2.05, 4.69) is 39.2 Å². The van der Waals surface area contributed by atoms with Crippen molar-refractivity contribution in [3.05, 3.63) is 17.5 Å². The molecule has 6 heteroatoms. The third-order valence-corrected chi connectivity index (χ3v) is 7.30. The molecule has 2 fully saturated rings. The summed E-state index contributed by atoms with van der Waals surface area (Å²) in [6.45, 7) is 9.22. The quantitative estimate of drug-likeness (QED) is 0.679. The van der Waals surface area contributed by atoms with E-state index in [-0.39, 0.29) is 0 Å². The Morgan fingerprint density at radius 3 is 2.62 bits per heavy atom. The molecule has 3 heterocycles. The average molecular weight is 381 g/mol. The molecule has 0 radical (unpaired) electrons. The van der Waals surface area contributed by atoms with E-state index in [0.717, 1.165) is 31.7 Å². The van der Waals surface area contributed by atoms with Gasteiger partial charge in [0.25, 0.3) is 0 Å². The van der Waals surface area contributed by atoms with Crippen LogP contribution in [0, 0.1) is 11.3 Å². The lowest BCUT2D eigenvalue weighted by molar-refractivity contribution is -0.0438. The highest BCUT2D eigenvalue weighted by atomic mass is 32.2. The minimum Gasteiger partial charge on any atom is -0.396 e. The topological polar surface area (TPSA) is 55.4 Å². The molecule has 0 unspecified atom stereocenters. The molecule has 0 aromatic carbocycles. The summed E-state index contributed by atoms with van der Waals surface area (Å²) in [5.74, 6) is 1.68. The van der Waals surface area contributed by atoms with Crippen LogP contribution >= 0.6 is 11.8 Å². The summed E-state index contributed by atoms with van der Waals surface area (Å²) in [5.41, 5.74) is 2.71. The second-order valence-corrected chi connectivity index (χ2v) is 9.14. The third-order valence-electron chi connectivity index (χ3n) is 6.61. The second-order valence-electron chi connectivity index (χ2n) is 8.15.